The third kappa shape index (κ3) is 3.78. The van der Waals surface area contributed by atoms with E-state index in [2.05, 4.69) is 10.4 Å². The Balaban J connectivity index is 1.81. The summed E-state index contributed by atoms with van der Waals surface area (Å²) in [5.41, 5.74) is 3.76. The molecule has 0 fully saturated rings. The highest BCUT2D eigenvalue weighted by molar-refractivity contribution is 6.31. The Morgan fingerprint density at radius 1 is 1.19 bits per heavy atom. The second-order valence-corrected chi connectivity index (χ2v) is 6.71. The highest BCUT2D eigenvalue weighted by Gasteiger charge is 2.14. The van der Waals surface area contributed by atoms with Gasteiger partial charge in [-0.05, 0) is 44.5 Å². The lowest BCUT2D eigenvalue weighted by Crippen LogP contribution is -2.14. The fourth-order valence-corrected chi connectivity index (χ4v) is 3.04. The van der Waals surface area contributed by atoms with E-state index >= 15 is 0 Å². The lowest BCUT2D eigenvalue weighted by molar-refractivity contribution is 0.102. The second kappa shape index (κ2) is 7.30. The van der Waals surface area contributed by atoms with Crippen LogP contribution in [0.15, 0.2) is 42.5 Å². The summed E-state index contributed by atoms with van der Waals surface area (Å²) in [6.45, 7) is 5.91. The zero-order valence-electron chi connectivity index (χ0n) is 14.8. The molecule has 0 bridgehead atoms. The van der Waals surface area contributed by atoms with Gasteiger partial charge in [-0.1, -0.05) is 35.4 Å². The van der Waals surface area contributed by atoms with E-state index in [1.165, 1.54) is 6.07 Å². The quantitative estimate of drug-likeness (QED) is 0.708. The molecule has 0 saturated carbocycles. The molecule has 0 unspecified atom stereocenters. The molecule has 0 aliphatic rings. The number of rotatable bonds is 4. The van der Waals surface area contributed by atoms with Crippen molar-refractivity contribution in [3.05, 3.63) is 81.3 Å². The van der Waals surface area contributed by atoms with Gasteiger partial charge in [0.15, 0.2) is 5.82 Å². The average molecular weight is 372 g/mol. The van der Waals surface area contributed by atoms with Gasteiger partial charge < -0.3 is 5.32 Å². The number of carbonyl (C=O) groups is 1. The number of nitrogens with one attached hydrogen (secondary N) is 1. The molecule has 6 heteroatoms. The van der Waals surface area contributed by atoms with Crippen molar-refractivity contribution < 1.29 is 9.18 Å². The summed E-state index contributed by atoms with van der Waals surface area (Å²) in [6, 6.07) is 12.0. The molecule has 2 aromatic carbocycles. The van der Waals surface area contributed by atoms with Gasteiger partial charge in [0.25, 0.3) is 5.91 Å². The zero-order chi connectivity index (χ0) is 18.8. The average Bonchev–Trinajstić information content (AvgIpc) is 2.90. The third-order valence-corrected chi connectivity index (χ3v) is 4.57. The summed E-state index contributed by atoms with van der Waals surface area (Å²) >= 11 is 6.08. The number of aryl methyl sites for hydroxylation is 3. The van der Waals surface area contributed by atoms with E-state index in [1.807, 2.05) is 32.9 Å². The van der Waals surface area contributed by atoms with Crippen molar-refractivity contribution in [3.63, 3.8) is 0 Å². The van der Waals surface area contributed by atoms with Crippen LogP contribution in [-0.2, 0) is 6.54 Å². The molecule has 1 heterocycles. The van der Waals surface area contributed by atoms with Crippen LogP contribution >= 0.6 is 11.6 Å². The normalized spacial score (nSPS) is 10.8. The van der Waals surface area contributed by atoms with Crippen LogP contribution in [-0.4, -0.2) is 15.7 Å². The molecular formula is C20H19ClFN3O. The molecule has 0 spiro atoms. The molecule has 0 saturated heterocycles. The van der Waals surface area contributed by atoms with E-state index in [0.717, 1.165) is 16.8 Å². The summed E-state index contributed by atoms with van der Waals surface area (Å²) < 4.78 is 15.6. The predicted octanol–water partition coefficient (Wildman–Crippen LogP) is 4.90. The second-order valence-electron chi connectivity index (χ2n) is 6.30. The first-order chi connectivity index (χ1) is 12.3. The van der Waals surface area contributed by atoms with Crippen molar-refractivity contribution in [2.24, 2.45) is 0 Å². The number of aromatic nitrogens is 2. The molecular weight excluding hydrogens is 353 g/mol. The Morgan fingerprint density at radius 3 is 2.65 bits per heavy atom. The zero-order valence-corrected chi connectivity index (χ0v) is 15.6. The number of amides is 1. The van der Waals surface area contributed by atoms with Crippen LogP contribution in [0.3, 0.4) is 0 Å². The minimum Gasteiger partial charge on any atom is -0.305 e. The fourth-order valence-electron chi connectivity index (χ4n) is 2.82. The molecule has 0 aliphatic carbocycles. The van der Waals surface area contributed by atoms with Gasteiger partial charge in [0.2, 0.25) is 0 Å². The van der Waals surface area contributed by atoms with E-state index in [-0.39, 0.29) is 18.3 Å². The number of hydrogen-bond acceptors (Lipinski definition) is 2. The first-order valence-corrected chi connectivity index (χ1v) is 8.59. The number of anilines is 1. The van der Waals surface area contributed by atoms with Crippen molar-refractivity contribution in [3.8, 4) is 0 Å². The molecule has 3 rings (SSSR count). The Hall–Kier alpha value is -2.66. The fraction of sp³-hybridized carbons (Fsp3) is 0.200. The van der Waals surface area contributed by atoms with Crippen molar-refractivity contribution >= 4 is 23.3 Å². The maximum absolute atomic E-state index is 14.0. The summed E-state index contributed by atoms with van der Waals surface area (Å²) in [7, 11) is 0. The maximum Gasteiger partial charge on any atom is 0.257 e. The van der Waals surface area contributed by atoms with Gasteiger partial charge in [-0.3, -0.25) is 9.48 Å². The molecule has 0 atom stereocenters. The summed E-state index contributed by atoms with van der Waals surface area (Å²) in [5.74, 6) is -0.190. The molecule has 0 radical (unpaired) electrons. The minimum absolute atomic E-state index is 0.191. The number of nitrogens with zero attached hydrogens (tertiary/aromatic N) is 2. The molecule has 3 aromatic rings. The number of hydrogen-bond donors (Lipinski definition) is 1. The van der Waals surface area contributed by atoms with Crippen LogP contribution < -0.4 is 5.32 Å². The van der Waals surface area contributed by atoms with Crippen LogP contribution in [0, 0.1) is 26.6 Å². The molecule has 1 N–H and O–H groups in total. The van der Waals surface area contributed by atoms with Crippen LogP contribution in [0.2, 0.25) is 5.02 Å². The highest BCUT2D eigenvalue weighted by Crippen LogP contribution is 2.21. The van der Waals surface area contributed by atoms with Crippen LogP contribution in [0.1, 0.15) is 32.7 Å². The summed E-state index contributed by atoms with van der Waals surface area (Å²) in [5, 5.41) is 7.50. The van der Waals surface area contributed by atoms with Crippen molar-refractivity contribution in [1.29, 1.82) is 0 Å². The Bertz CT molecular complexity index is 961. The Kier molecular flexibility index (Phi) is 5.09. The van der Waals surface area contributed by atoms with Crippen molar-refractivity contribution in [2.75, 3.05) is 5.32 Å². The largest absolute Gasteiger partial charge is 0.305 e. The molecule has 1 aromatic heterocycles. The first kappa shape index (κ1) is 18.1. The van der Waals surface area contributed by atoms with Gasteiger partial charge in [0.1, 0.15) is 5.82 Å². The van der Waals surface area contributed by atoms with Gasteiger partial charge in [0, 0.05) is 27.9 Å². The van der Waals surface area contributed by atoms with Gasteiger partial charge in [-0.25, -0.2) is 4.39 Å². The SMILES string of the molecule is Cc1ccc(C(=O)Nc2cc(C)n(Cc3c(F)cccc3Cl)n2)c(C)c1. The standard InChI is InChI=1S/C20H19ClFN3O/c1-12-7-8-15(13(2)9-12)20(26)23-19-10-14(3)25(24-19)11-16-17(21)5-4-6-18(16)22/h4-10H,11H2,1-3H3,(H,23,24,26). The Morgan fingerprint density at radius 2 is 1.96 bits per heavy atom. The Labute approximate surface area is 156 Å². The minimum atomic E-state index is -0.381. The third-order valence-electron chi connectivity index (χ3n) is 4.22. The van der Waals surface area contributed by atoms with E-state index in [0.29, 0.717) is 22.0 Å². The molecule has 0 aliphatic heterocycles. The van der Waals surface area contributed by atoms with E-state index in [4.69, 9.17) is 11.6 Å². The predicted molar refractivity (Wildman–Crippen MR) is 101 cm³/mol. The summed E-state index contributed by atoms with van der Waals surface area (Å²) in [6.07, 6.45) is 0. The van der Waals surface area contributed by atoms with Crippen molar-refractivity contribution in [2.45, 2.75) is 27.3 Å². The first-order valence-electron chi connectivity index (χ1n) is 8.21. The molecule has 4 nitrogen and oxygen atoms in total. The van der Waals surface area contributed by atoms with Gasteiger partial charge in [0.05, 0.1) is 6.54 Å². The van der Waals surface area contributed by atoms with Gasteiger partial charge in [-0.15, -0.1) is 0 Å². The van der Waals surface area contributed by atoms with Gasteiger partial charge in [-0.2, -0.15) is 5.10 Å². The highest BCUT2D eigenvalue weighted by atomic mass is 35.5. The lowest BCUT2D eigenvalue weighted by Gasteiger charge is -2.08. The van der Waals surface area contributed by atoms with Crippen LogP contribution in [0.25, 0.3) is 0 Å². The van der Waals surface area contributed by atoms with Crippen LogP contribution in [0.4, 0.5) is 10.2 Å². The molecule has 1 amide bonds. The molecule has 134 valence electrons. The van der Waals surface area contributed by atoms with Crippen LogP contribution in [0.5, 0.6) is 0 Å². The lowest BCUT2D eigenvalue weighted by atomic mass is 10.1. The van der Waals surface area contributed by atoms with E-state index in [9.17, 15) is 9.18 Å². The van der Waals surface area contributed by atoms with E-state index < -0.39 is 0 Å². The monoisotopic (exact) mass is 371 g/mol. The number of benzene rings is 2. The number of halogens is 2. The topological polar surface area (TPSA) is 46.9 Å². The van der Waals surface area contributed by atoms with Gasteiger partial charge >= 0.3 is 0 Å². The smallest absolute Gasteiger partial charge is 0.257 e. The maximum atomic E-state index is 14.0. The number of carbonyl (C=O) groups excluding carboxylic acids is 1. The molecule has 26 heavy (non-hydrogen) atoms. The summed E-state index contributed by atoms with van der Waals surface area (Å²) in [4.78, 5) is 12.5. The van der Waals surface area contributed by atoms with E-state index in [1.54, 1.807) is 28.9 Å². The van der Waals surface area contributed by atoms with Crippen molar-refractivity contribution in [1.82, 2.24) is 9.78 Å².